The first-order chi connectivity index (χ1) is 14.3. The zero-order valence-electron chi connectivity index (χ0n) is 16.2. The van der Waals surface area contributed by atoms with Crippen LogP contribution in [0.25, 0.3) is 0 Å². The highest BCUT2D eigenvalue weighted by Gasteiger charge is 2.25. The van der Waals surface area contributed by atoms with Gasteiger partial charge in [0.25, 0.3) is 0 Å². The number of nitrogens with one attached hydrogen (secondary N) is 1. The van der Waals surface area contributed by atoms with Crippen molar-refractivity contribution in [3.63, 3.8) is 0 Å². The van der Waals surface area contributed by atoms with Crippen LogP contribution in [0.1, 0.15) is 35.6 Å². The summed E-state index contributed by atoms with van der Waals surface area (Å²) in [5.74, 6) is 0. The van der Waals surface area contributed by atoms with Gasteiger partial charge in [0.15, 0.2) is 0 Å². The summed E-state index contributed by atoms with van der Waals surface area (Å²) >= 11 is 0. The Labute approximate surface area is 170 Å². The molecule has 1 atom stereocenters. The highest BCUT2D eigenvalue weighted by molar-refractivity contribution is 5.84. The fourth-order valence-electron chi connectivity index (χ4n) is 3.68. The molecule has 1 N–H and O–H groups in total. The molecule has 6 heteroatoms. The smallest absolute Gasteiger partial charge is 0.411 e. The summed E-state index contributed by atoms with van der Waals surface area (Å²) in [6, 6.07) is 16.1. The van der Waals surface area contributed by atoms with E-state index in [9.17, 15) is 4.79 Å². The van der Waals surface area contributed by atoms with E-state index < -0.39 is 6.09 Å². The molecule has 0 bridgehead atoms. The van der Waals surface area contributed by atoms with Gasteiger partial charge < -0.3 is 4.74 Å². The minimum atomic E-state index is -0.467. The largest absolute Gasteiger partial charge is 0.444 e. The first-order valence-electron chi connectivity index (χ1n) is 9.83. The Balaban J connectivity index is 1.30. The van der Waals surface area contributed by atoms with Crippen molar-refractivity contribution in [1.29, 1.82) is 0 Å². The van der Waals surface area contributed by atoms with E-state index in [0.717, 1.165) is 30.8 Å². The van der Waals surface area contributed by atoms with E-state index in [1.165, 1.54) is 17.5 Å². The molecule has 1 amide bonds. The van der Waals surface area contributed by atoms with Crippen LogP contribution in [0.15, 0.2) is 73.3 Å². The third kappa shape index (κ3) is 5.18. The zero-order chi connectivity index (χ0) is 19.9. The van der Waals surface area contributed by atoms with Gasteiger partial charge >= 0.3 is 6.09 Å². The molecule has 0 radical (unpaired) electrons. The second-order valence-corrected chi connectivity index (χ2v) is 7.17. The van der Waals surface area contributed by atoms with Gasteiger partial charge in [-0.25, -0.2) is 4.79 Å². The fourth-order valence-corrected chi connectivity index (χ4v) is 3.68. The number of anilines is 1. The van der Waals surface area contributed by atoms with Crippen LogP contribution < -0.4 is 5.32 Å². The first kappa shape index (κ1) is 19.1. The number of aromatic nitrogens is 2. The molecular weight excluding hydrogens is 364 g/mol. The molecule has 4 rings (SSSR count). The van der Waals surface area contributed by atoms with Crippen molar-refractivity contribution < 1.29 is 9.53 Å². The van der Waals surface area contributed by atoms with Gasteiger partial charge in [0, 0.05) is 43.1 Å². The number of hydrogen-bond donors (Lipinski definition) is 1. The van der Waals surface area contributed by atoms with Crippen molar-refractivity contribution in [3.05, 3.63) is 90.0 Å². The van der Waals surface area contributed by atoms with Gasteiger partial charge in [0.2, 0.25) is 0 Å². The van der Waals surface area contributed by atoms with Crippen LogP contribution in [-0.2, 0) is 17.9 Å². The topological polar surface area (TPSA) is 67.4 Å². The van der Waals surface area contributed by atoms with Gasteiger partial charge in [-0.05, 0) is 66.4 Å². The lowest BCUT2D eigenvalue weighted by Crippen LogP contribution is -2.22. The summed E-state index contributed by atoms with van der Waals surface area (Å²) in [6.45, 7) is 2.18. The molecule has 6 nitrogen and oxygen atoms in total. The van der Waals surface area contributed by atoms with E-state index in [0.29, 0.717) is 6.04 Å². The second-order valence-electron chi connectivity index (χ2n) is 7.17. The van der Waals surface area contributed by atoms with Crippen LogP contribution >= 0.6 is 0 Å². The molecular formula is C23H24N4O2. The summed E-state index contributed by atoms with van der Waals surface area (Å²) in [6.07, 6.45) is 9.02. The van der Waals surface area contributed by atoms with Crippen molar-refractivity contribution in [2.24, 2.45) is 0 Å². The standard InChI is InChI=1S/C23H24N4O2/c28-23(29-17-19-9-12-24-13-10-19)26-21-7-5-18(6-8-21)16-27-14-2-4-22(27)20-3-1-11-25-15-20/h1,3,5-13,15,22H,2,4,14,16-17H2,(H,26,28). The lowest BCUT2D eigenvalue weighted by atomic mass is 10.1. The maximum absolute atomic E-state index is 12.0. The number of nitrogens with zero attached hydrogens (tertiary/aromatic N) is 3. The molecule has 1 aliphatic heterocycles. The average molecular weight is 388 g/mol. The minimum absolute atomic E-state index is 0.219. The molecule has 148 valence electrons. The molecule has 3 aromatic rings. The Kier molecular flexibility index (Phi) is 6.12. The molecule has 2 aromatic heterocycles. The number of pyridine rings is 2. The summed E-state index contributed by atoms with van der Waals surface area (Å²) in [4.78, 5) is 22.7. The van der Waals surface area contributed by atoms with E-state index in [1.807, 2.05) is 42.7 Å². The van der Waals surface area contributed by atoms with Gasteiger partial charge in [-0.15, -0.1) is 0 Å². The molecule has 1 unspecified atom stereocenters. The van der Waals surface area contributed by atoms with E-state index in [2.05, 4.69) is 38.4 Å². The average Bonchev–Trinajstić information content (AvgIpc) is 3.23. The van der Waals surface area contributed by atoms with Gasteiger partial charge in [-0.2, -0.15) is 0 Å². The fraction of sp³-hybridized carbons (Fsp3) is 0.261. The molecule has 1 fully saturated rings. The number of likely N-dealkylation sites (tertiary alicyclic amines) is 1. The SMILES string of the molecule is O=C(Nc1ccc(CN2CCCC2c2cccnc2)cc1)OCc1ccncc1. The molecule has 1 saturated heterocycles. The van der Waals surface area contributed by atoms with E-state index >= 15 is 0 Å². The number of benzene rings is 1. The third-order valence-electron chi connectivity index (χ3n) is 5.14. The molecule has 0 saturated carbocycles. The summed E-state index contributed by atoms with van der Waals surface area (Å²) < 4.78 is 5.24. The highest BCUT2D eigenvalue weighted by Crippen LogP contribution is 2.32. The van der Waals surface area contributed by atoms with E-state index in [4.69, 9.17) is 4.74 Å². The van der Waals surface area contributed by atoms with Crippen molar-refractivity contribution in [3.8, 4) is 0 Å². The monoisotopic (exact) mass is 388 g/mol. The van der Waals surface area contributed by atoms with Crippen molar-refractivity contribution >= 4 is 11.8 Å². The molecule has 29 heavy (non-hydrogen) atoms. The van der Waals surface area contributed by atoms with Crippen LogP contribution in [0.3, 0.4) is 0 Å². The van der Waals surface area contributed by atoms with Crippen LogP contribution in [-0.4, -0.2) is 27.5 Å². The van der Waals surface area contributed by atoms with E-state index in [-0.39, 0.29) is 6.61 Å². The highest BCUT2D eigenvalue weighted by atomic mass is 16.5. The molecule has 1 aromatic carbocycles. The quantitative estimate of drug-likeness (QED) is 0.670. The normalized spacial score (nSPS) is 16.5. The Morgan fingerprint density at radius 2 is 1.86 bits per heavy atom. The molecule has 1 aliphatic rings. The first-order valence-corrected chi connectivity index (χ1v) is 9.83. The lowest BCUT2D eigenvalue weighted by molar-refractivity contribution is 0.155. The predicted octanol–water partition coefficient (Wildman–Crippen LogP) is 4.56. The van der Waals surface area contributed by atoms with Crippen molar-refractivity contribution in [2.45, 2.75) is 32.0 Å². The Hall–Kier alpha value is -3.25. The number of carbonyl (C=O) groups excluding carboxylic acids is 1. The van der Waals surface area contributed by atoms with Crippen LogP contribution in [0, 0.1) is 0 Å². The van der Waals surface area contributed by atoms with Crippen LogP contribution in [0.2, 0.25) is 0 Å². The van der Waals surface area contributed by atoms with Gasteiger partial charge in [0.05, 0.1) is 0 Å². The predicted molar refractivity (Wildman–Crippen MR) is 111 cm³/mol. The summed E-state index contributed by atoms with van der Waals surface area (Å²) in [5.41, 5.74) is 4.12. The van der Waals surface area contributed by atoms with E-state index in [1.54, 1.807) is 12.4 Å². The number of ether oxygens (including phenoxy) is 1. The second kappa shape index (κ2) is 9.30. The summed E-state index contributed by atoms with van der Waals surface area (Å²) in [5, 5.41) is 2.77. The number of amides is 1. The Morgan fingerprint density at radius 3 is 2.62 bits per heavy atom. The molecule has 0 spiro atoms. The molecule has 0 aliphatic carbocycles. The minimum Gasteiger partial charge on any atom is -0.444 e. The number of hydrogen-bond acceptors (Lipinski definition) is 5. The zero-order valence-corrected chi connectivity index (χ0v) is 16.2. The summed E-state index contributed by atoms with van der Waals surface area (Å²) in [7, 11) is 0. The number of carbonyl (C=O) groups is 1. The Morgan fingerprint density at radius 1 is 1.03 bits per heavy atom. The number of rotatable bonds is 6. The van der Waals surface area contributed by atoms with Crippen molar-refractivity contribution in [2.75, 3.05) is 11.9 Å². The maximum Gasteiger partial charge on any atom is 0.411 e. The third-order valence-corrected chi connectivity index (χ3v) is 5.14. The van der Waals surface area contributed by atoms with Crippen molar-refractivity contribution in [1.82, 2.24) is 14.9 Å². The van der Waals surface area contributed by atoms with Crippen LogP contribution in [0.5, 0.6) is 0 Å². The van der Waals surface area contributed by atoms with Gasteiger partial charge in [-0.1, -0.05) is 18.2 Å². The van der Waals surface area contributed by atoms with Gasteiger partial charge in [0.1, 0.15) is 6.61 Å². The Bertz CT molecular complexity index is 917. The van der Waals surface area contributed by atoms with Gasteiger partial charge in [-0.3, -0.25) is 20.2 Å². The lowest BCUT2D eigenvalue weighted by Gasteiger charge is -2.24. The maximum atomic E-state index is 12.0. The molecule has 3 heterocycles. The van der Waals surface area contributed by atoms with Crippen LogP contribution in [0.4, 0.5) is 10.5 Å².